The maximum atomic E-state index is 12.3. The Morgan fingerprint density at radius 2 is 1.71 bits per heavy atom. The highest BCUT2D eigenvalue weighted by Crippen LogP contribution is 2.34. The smallest absolute Gasteiger partial charge is 0.389 e. The average molecular weight is 224 g/mol. The van der Waals surface area contributed by atoms with Crippen molar-refractivity contribution in [2.24, 2.45) is 0 Å². The minimum atomic E-state index is -4.40. The molecule has 0 spiro atoms. The van der Waals surface area contributed by atoms with Crippen LogP contribution in [0.5, 0.6) is 0 Å². The van der Waals surface area contributed by atoms with Crippen LogP contribution in [0, 0.1) is 0 Å². The highest BCUT2D eigenvalue weighted by atomic mass is 32.1. The SMILES string of the molecule is CC(O)c1ccccc1C(F)(F)F.S. The van der Waals surface area contributed by atoms with E-state index in [1.54, 1.807) is 0 Å². The summed E-state index contributed by atoms with van der Waals surface area (Å²) in [5.41, 5.74) is -0.861. The van der Waals surface area contributed by atoms with Gasteiger partial charge in [-0.25, -0.2) is 0 Å². The molecule has 1 unspecified atom stereocenters. The molecule has 1 rings (SSSR count). The van der Waals surface area contributed by atoms with Crippen LogP contribution in [0.2, 0.25) is 0 Å². The topological polar surface area (TPSA) is 20.2 Å². The van der Waals surface area contributed by atoms with Crippen LogP contribution in [0.15, 0.2) is 24.3 Å². The number of benzene rings is 1. The molecule has 1 nitrogen and oxygen atoms in total. The number of hydrogen-bond donors (Lipinski definition) is 1. The molecule has 0 aliphatic rings. The summed E-state index contributed by atoms with van der Waals surface area (Å²) in [5.74, 6) is 0. The van der Waals surface area contributed by atoms with Crippen molar-refractivity contribution >= 4 is 13.5 Å². The molecule has 0 aliphatic heterocycles. The van der Waals surface area contributed by atoms with Crippen molar-refractivity contribution < 1.29 is 18.3 Å². The number of rotatable bonds is 1. The first kappa shape index (κ1) is 13.3. The Morgan fingerprint density at radius 3 is 2.07 bits per heavy atom. The van der Waals surface area contributed by atoms with Crippen LogP contribution in [0.4, 0.5) is 13.2 Å². The van der Waals surface area contributed by atoms with Crippen LogP contribution >= 0.6 is 13.5 Å². The number of alkyl halides is 3. The van der Waals surface area contributed by atoms with Gasteiger partial charge in [-0.1, -0.05) is 18.2 Å². The van der Waals surface area contributed by atoms with Gasteiger partial charge >= 0.3 is 6.18 Å². The largest absolute Gasteiger partial charge is 0.416 e. The van der Waals surface area contributed by atoms with Gasteiger partial charge in [0.15, 0.2) is 0 Å². The molecular weight excluding hydrogens is 213 g/mol. The maximum Gasteiger partial charge on any atom is 0.416 e. The van der Waals surface area contributed by atoms with E-state index < -0.39 is 17.8 Å². The fourth-order valence-corrected chi connectivity index (χ4v) is 1.12. The molecule has 0 aliphatic carbocycles. The Morgan fingerprint density at radius 1 is 1.21 bits per heavy atom. The lowest BCUT2D eigenvalue weighted by atomic mass is 10.0. The predicted molar refractivity (Wildman–Crippen MR) is 52.5 cm³/mol. The highest BCUT2D eigenvalue weighted by Gasteiger charge is 2.33. The first-order chi connectivity index (χ1) is 5.93. The molecule has 1 aromatic carbocycles. The van der Waals surface area contributed by atoms with E-state index in [1.807, 2.05) is 0 Å². The minimum Gasteiger partial charge on any atom is -0.389 e. The fraction of sp³-hybridized carbons (Fsp3) is 0.333. The molecule has 1 aromatic rings. The summed E-state index contributed by atoms with van der Waals surface area (Å²) in [4.78, 5) is 0. The van der Waals surface area contributed by atoms with Crippen molar-refractivity contribution in [1.82, 2.24) is 0 Å². The van der Waals surface area contributed by atoms with Crippen molar-refractivity contribution in [3.8, 4) is 0 Å². The quantitative estimate of drug-likeness (QED) is 0.777. The van der Waals surface area contributed by atoms with Gasteiger partial charge in [0, 0.05) is 0 Å². The number of halogens is 3. The fourth-order valence-electron chi connectivity index (χ4n) is 1.12. The van der Waals surface area contributed by atoms with Crippen molar-refractivity contribution in [2.75, 3.05) is 0 Å². The van der Waals surface area contributed by atoms with Crippen LogP contribution in [-0.4, -0.2) is 5.11 Å². The Kier molecular flexibility index (Phi) is 4.48. The van der Waals surface area contributed by atoms with Crippen LogP contribution in [0.25, 0.3) is 0 Å². The van der Waals surface area contributed by atoms with Gasteiger partial charge < -0.3 is 5.11 Å². The van der Waals surface area contributed by atoms with E-state index in [-0.39, 0.29) is 19.1 Å². The van der Waals surface area contributed by atoms with Gasteiger partial charge in [0.05, 0.1) is 11.7 Å². The van der Waals surface area contributed by atoms with E-state index in [9.17, 15) is 13.2 Å². The molecule has 0 radical (unpaired) electrons. The Hall–Kier alpha value is -0.680. The molecule has 5 heteroatoms. The van der Waals surface area contributed by atoms with Gasteiger partial charge in [-0.2, -0.15) is 26.7 Å². The van der Waals surface area contributed by atoms with Crippen molar-refractivity contribution in [2.45, 2.75) is 19.2 Å². The summed E-state index contributed by atoms with van der Waals surface area (Å²) >= 11 is 0. The molecule has 0 aromatic heterocycles. The number of aliphatic hydroxyl groups is 1. The van der Waals surface area contributed by atoms with E-state index in [4.69, 9.17) is 5.11 Å². The van der Waals surface area contributed by atoms with Crippen LogP contribution < -0.4 is 0 Å². The number of hydrogen-bond acceptors (Lipinski definition) is 1. The molecule has 14 heavy (non-hydrogen) atoms. The lowest BCUT2D eigenvalue weighted by molar-refractivity contribution is -0.139. The maximum absolute atomic E-state index is 12.3. The summed E-state index contributed by atoms with van der Waals surface area (Å²) in [5, 5.41) is 9.07. The second-order valence-electron chi connectivity index (χ2n) is 2.76. The Balaban J connectivity index is 0.00000169. The molecule has 0 bridgehead atoms. The van der Waals surface area contributed by atoms with Gasteiger partial charge in [0.1, 0.15) is 0 Å². The third-order valence-electron chi connectivity index (χ3n) is 1.72. The first-order valence-corrected chi connectivity index (χ1v) is 3.77. The Labute approximate surface area is 87.0 Å². The van der Waals surface area contributed by atoms with Gasteiger partial charge in [0.25, 0.3) is 0 Å². The second kappa shape index (κ2) is 4.70. The molecule has 0 heterocycles. The summed E-state index contributed by atoms with van der Waals surface area (Å²) in [6.07, 6.45) is -5.49. The number of aliphatic hydroxyl groups excluding tert-OH is 1. The van der Waals surface area contributed by atoms with Crippen molar-refractivity contribution in [3.63, 3.8) is 0 Å². The average Bonchev–Trinajstić information content (AvgIpc) is 2.03. The molecular formula is C9H11F3OS. The normalized spacial score (nSPS) is 13.2. The van der Waals surface area contributed by atoms with Gasteiger partial charge in [-0.05, 0) is 18.6 Å². The van der Waals surface area contributed by atoms with E-state index in [1.165, 1.54) is 25.1 Å². The zero-order chi connectivity index (χ0) is 10.1. The third-order valence-corrected chi connectivity index (χ3v) is 1.72. The summed E-state index contributed by atoms with van der Waals surface area (Å²) in [6, 6.07) is 5.00. The van der Waals surface area contributed by atoms with Gasteiger partial charge in [-0.3, -0.25) is 0 Å². The first-order valence-electron chi connectivity index (χ1n) is 3.77. The highest BCUT2D eigenvalue weighted by molar-refractivity contribution is 7.59. The van der Waals surface area contributed by atoms with E-state index in [0.29, 0.717) is 0 Å². The standard InChI is InChI=1S/C9H9F3O.H2S/c1-6(13)7-4-2-3-5-8(7)9(10,11)12;/h2-6,13H,1H3;1H2. The minimum absolute atomic E-state index is 0. The lowest BCUT2D eigenvalue weighted by Crippen LogP contribution is -2.10. The molecule has 0 amide bonds. The van der Waals surface area contributed by atoms with Crippen LogP contribution in [-0.2, 0) is 6.18 Å². The summed E-state index contributed by atoms with van der Waals surface area (Å²) in [6.45, 7) is 1.31. The van der Waals surface area contributed by atoms with Gasteiger partial charge in [0.2, 0.25) is 0 Å². The van der Waals surface area contributed by atoms with E-state index >= 15 is 0 Å². The van der Waals surface area contributed by atoms with Crippen LogP contribution in [0.1, 0.15) is 24.2 Å². The molecule has 0 fully saturated rings. The zero-order valence-corrected chi connectivity index (χ0v) is 8.47. The molecule has 0 saturated carbocycles. The lowest BCUT2D eigenvalue weighted by Gasteiger charge is -2.13. The summed E-state index contributed by atoms with van der Waals surface area (Å²) in [7, 11) is 0. The van der Waals surface area contributed by atoms with E-state index in [2.05, 4.69) is 0 Å². The van der Waals surface area contributed by atoms with Crippen LogP contribution in [0.3, 0.4) is 0 Å². The molecule has 1 N–H and O–H groups in total. The van der Waals surface area contributed by atoms with Gasteiger partial charge in [-0.15, -0.1) is 0 Å². The predicted octanol–water partition coefficient (Wildman–Crippen LogP) is 2.87. The third kappa shape index (κ3) is 2.92. The molecule has 80 valence electrons. The van der Waals surface area contributed by atoms with Crippen molar-refractivity contribution in [1.29, 1.82) is 0 Å². The monoisotopic (exact) mass is 224 g/mol. The van der Waals surface area contributed by atoms with E-state index in [0.717, 1.165) is 6.07 Å². The Bertz CT molecular complexity index is 296. The van der Waals surface area contributed by atoms with Crippen molar-refractivity contribution in [3.05, 3.63) is 35.4 Å². The molecule has 1 atom stereocenters. The zero-order valence-electron chi connectivity index (χ0n) is 7.47. The summed E-state index contributed by atoms with van der Waals surface area (Å²) < 4.78 is 36.9. The molecule has 0 saturated heterocycles. The second-order valence-corrected chi connectivity index (χ2v) is 2.76.